The Morgan fingerprint density at radius 1 is 0.964 bits per heavy atom. The number of fused-ring (bicyclic) bond motifs is 1. The van der Waals surface area contributed by atoms with Crippen molar-refractivity contribution in [2.24, 2.45) is 0 Å². The number of Topliss-reactive ketones (excluding diaryl/α,β-unsaturated/α-hetero) is 1. The number of amides is 1. The van der Waals surface area contributed by atoms with Crippen LogP contribution in [0.3, 0.4) is 0 Å². The molecule has 0 aliphatic heterocycles. The fraction of sp³-hybridized carbons (Fsp3) is 0.250. The highest BCUT2D eigenvalue weighted by Gasteiger charge is 2.11. The molecule has 0 saturated heterocycles. The van der Waals surface area contributed by atoms with Gasteiger partial charge in [-0.25, -0.2) is 0 Å². The summed E-state index contributed by atoms with van der Waals surface area (Å²) in [7, 11) is 0. The van der Waals surface area contributed by atoms with Crippen LogP contribution in [0.15, 0.2) is 66.7 Å². The number of rotatable bonds is 8. The average molecular weight is 375 g/mol. The molecule has 144 valence electrons. The quantitative estimate of drug-likeness (QED) is 0.625. The molecule has 1 atom stereocenters. The maximum absolute atomic E-state index is 12.2. The van der Waals surface area contributed by atoms with Crippen molar-refractivity contribution >= 4 is 22.5 Å². The highest BCUT2D eigenvalue weighted by atomic mass is 16.5. The van der Waals surface area contributed by atoms with Crippen molar-refractivity contribution in [2.75, 3.05) is 6.61 Å². The second-order valence-electron chi connectivity index (χ2n) is 7.03. The van der Waals surface area contributed by atoms with Crippen LogP contribution in [-0.4, -0.2) is 18.3 Å². The van der Waals surface area contributed by atoms with Crippen LogP contribution in [0.25, 0.3) is 10.8 Å². The smallest absolute Gasteiger partial charge is 0.258 e. The predicted octanol–water partition coefficient (Wildman–Crippen LogP) is 4.62. The summed E-state index contributed by atoms with van der Waals surface area (Å²) in [6, 6.07) is 21.8. The van der Waals surface area contributed by atoms with Crippen LogP contribution in [0, 0.1) is 0 Å². The van der Waals surface area contributed by atoms with Crippen molar-refractivity contribution in [3.63, 3.8) is 0 Å². The lowest BCUT2D eigenvalue weighted by Crippen LogP contribution is -2.31. The number of hydrogen-bond donors (Lipinski definition) is 1. The van der Waals surface area contributed by atoms with Crippen molar-refractivity contribution in [2.45, 2.75) is 32.7 Å². The van der Waals surface area contributed by atoms with Crippen LogP contribution in [0.1, 0.15) is 37.4 Å². The van der Waals surface area contributed by atoms with E-state index >= 15 is 0 Å². The number of ether oxygens (including phenoxy) is 1. The Kier molecular flexibility index (Phi) is 6.43. The van der Waals surface area contributed by atoms with Crippen molar-refractivity contribution in [3.05, 3.63) is 77.9 Å². The third-order valence-electron chi connectivity index (χ3n) is 4.71. The molecule has 0 radical (unpaired) electrons. The predicted molar refractivity (Wildman–Crippen MR) is 111 cm³/mol. The molecule has 0 spiro atoms. The molecule has 3 aromatic carbocycles. The van der Waals surface area contributed by atoms with E-state index in [9.17, 15) is 9.59 Å². The van der Waals surface area contributed by atoms with Crippen molar-refractivity contribution in [1.29, 1.82) is 0 Å². The molecule has 3 rings (SSSR count). The minimum atomic E-state index is -0.165. The summed E-state index contributed by atoms with van der Waals surface area (Å²) in [5, 5.41) is 5.31. The highest BCUT2D eigenvalue weighted by molar-refractivity contribution is 5.83. The molecule has 4 heteroatoms. The zero-order valence-electron chi connectivity index (χ0n) is 16.3. The van der Waals surface area contributed by atoms with E-state index < -0.39 is 0 Å². The van der Waals surface area contributed by atoms with Gasteiger partial charge in [0.1, 0.15) is 11.5 Å². The number of aryl methyl sites for hydroxylation is 1. The third kappa shape index (κ3) is 5.43. The zero-order chi connectivity index (χ0) is 19.9. The van der Waals surface area contributed by atoms with Gasteiger partial charge in [0.05, 0.1) is 6.04 Å². The molecule has 0 fully saturated rings. The van der Waals surface area contributed by atoms with Crippen LogP contribution in [0.5, 0.6) is 5.75 Å². The summed E-state index contributed by atoms with van der Waals surface area (Å²) in [6.07, 6.45) is 1.26. The summed E-state index contributed by atoms with van der Waals surface area (Å²) < 4.78 is 5.58. The van der Waals surface area contributed by atoms with Gasteiger partial charge in [0, 0.05) is 6.42 Å². The van der Waals surface area contributed by atoms with Gasteiger partial charge in [-0.1, -0.05) is 48.5 Å². The molecule has 0 bridgehead atoms. The van der Waals surface area contributed by atoms with Crippen molar-refractivity contribution in [1.82, 2.24) is 5.32 Å². The van der Waals surface area contributed by atoms with Crippen molar-refractivity contribution < 1.29 is 14.3 Å². The molecule has 0 aliphatic carbocycles. The first kappa shape index (κ1) is 19.6. The Morgan fingerprint density at radius 3 is 2.39 bits per heavy atom. The van der Waals surface area contributed by atoms with Gasteiger partial charge in [-0.15, -0.1) is 0 Å². The van der Waals surface area contributed by atoms with Gasteiger partial charge < -0.3 is 14.8 Å². The number of carbonyl (C=O) groups excluding carboxylic acids is 2. The summed E-state index contributed by atoms with van der Waals surface area (Å²) >= 11 is 0. The van der Waals surface area contributed by atoms with Gasteiger partial charge >= 0.3 is 0 Å². The normalized spacial score (nSPS) is 11.8. The molecule has 0 heterocycles. The highest BCUT2D eigenvalue weighted by Crippen LogP contribution is 2.20. The van der Waals surface area contributed by atoms with Gasteiger partial charge in [-0.05, 0) is 60.4 Å². The SMILES string of the molecule is CC(=O)CCc1ccc(OCC(=O)N[C@H](C)c2ccc3ccccc3c2)cc1. The number of hydrogen-bond acceptors (Lipinski definition) is 3. The van der Waals surface area contributed by atoms with E-state index in [0.29, 0.717) is 12.2 Å². The Hall–Kier alpha value is -3.14. The van der Waals surface area contributed by atoms with Crippen LogP contribution in [0.2, 0.25) is 0 Å². The second-order valence-corrected chi connectivity index (χ2v) is 7.03. The molecule has 28 heavy (non-hydrogen) atoms. The van der Waals surface area contributed by atoms with E-state index in [0.717, 1.165) is 22.9 Å². The second kappa shape index (κ2) is 9.18. The first-order valence-electron chi connectivity index (χ1n) is 9.50. The molecule has 0 aromatic heterocycles. The molecule has 0 saturated carbocycles. The Morgan fingerprint density at radius 2 is 1.68 bits per heavy atom. The lowest BCUT2D eigenvalue weighted by Gasteiger charge is -2.15. The van der Waals surface area contributed by atoms with E-state index in [2.05, 4.69) is 29.6 Å². The van der Waals surface area contributed by atoms with Crippen molar-refractivity contribution in [3.8, 4) is 5.75 Å². The van der Waals surface area contributed by atoms with Gasteiger partial charge in [0.2, 0.25) is 0 Å². The molecular weight excluding hydrogens is 350 g/mol. The largest absolute Gasteiger partial charge is 0.484 e. The van der Waals surface area contributed by atoms with Gasteiger partial charge in [-0.3, -0.25) is 4.79 Å². The first-order valence-corrected chi connectivity index (χ1v) is 9.50. The van der Waals surface area contributed by atoms with E-state index in [1.165, 1.54) is 5.39 Å². The first-order chi connectivity index (χ1) is 13.5. The molecule has 0 unspecified atom stereocenters. The van der Waals surface area contributed by atoms with Gasteiger partial charge in [0.15, 0.2) is 6.61 Å². The third-order valence-corrected chi connectivity index (χ3v) is 4.71. The average Bonchev–Trinajstić information content (AvgIpc) is 2.71. The van der Waals surface area contributed by atoms with E-state index in [1.807, 2.05) is 49.4 Å². The lowest BCUT2D eigenvalue weighted by atomic mass is 10.0. The zero-order valence-corrected chi connectivity index (χ0v) is 16.3. The number of carbonyl (C=O) groups is 2. The summed E-state index contributed by atoms with van der Waals surface area (Å²) in [4.78, 5) is 23.3. The maximum Gasteiger partial charge on any atom is 0.258 e. The molecule has 1 N–H and O–H groups in total. The lowest BCUT2D eigenvalue weighted by molar-refractivity contribution is -0.123. The fourth-order valence-corrected chi connectivity index (χ4v) is 3.07. The summed E-state index contributed by atoms with van der Waals surface area (Å²) in [6.45, 7) is 3.52. The Labute approximate surface area is 165 Å². The van der Waals surface area contributed by atoms with E-state index in [-0.39, 0.29) is 24.3 Å². The van der Waals surface area contributed by atoms with Crippen LogP contribution in [0.4, 0.5) is 0 Å². The van der Waals surface area contributed by atoms with E-state index in [1.54, 1.807) is 6.92 Å². The monoisotopic (exact) mass is 375 g/mol. The maximum atomic E-state index is 12.2. The molecular formula is C24H25NO3. The Balaban J connectivity index is 1.51. The minimum absolute atomic E-state index is 0.0370. The minimum Gasteiger partial charge on any atom is -0.484 e. The van der Waals surface area contributed by atoms with Crippen LogP contribution in [-0.2, 0) is 16.0 Å². The van der Waals surface area contributed by atoms with E-state index in [4.69, 9.17) is 4.74 Å². The Bertz CT molecular complexity index is 963. The molecule has 0 aliphatic rings. The topological polar surface area (TPSA) is 55.4 Å². The summed E-state index contributed by atoms with van der Waals surface area (Å²) in [5.74, 6) is 0.652. The van der Waals surface area contributed by atoms with Gasteiger partial charge in [-0.2, -0.15) is 0 Å². The fourth-order valence-electron chi connectivity index (χ4n) is 3.07. The summed E-state index contributed by atoms with van der Waals surface area (Å²) in [5.41, 5.74) is 2.14. The number of nitrogens with one attached hydrogen (secondary N) is 1. The molecule has 4 nitrogen and oxygen atoms in total. The standard InChI is InChI=1S/C24H25NO3/c1-17(26)7-8-19-9-13-23(14-10-19)28-16-24(27)25-18(2)21-12-11-20-5-3-4-6-22(20)15-21/h3-6,9-15,18H,7-8,16H2,1-2H3,(H,25,27)/t18-/m1/s1. The molecule has 1 amide bonds. The van der Waals surface area contributed by atoms with Gasteiger partial charge in [0.25, 0.3) is 5.91 Å². The number of ketones is 1. The van der Waals surface area contributed by atoms with Crippen LogP contribution >= 0.6 is 0 Å². The molecule has 3 aromatic rings. The number of benzene rings is 3. The van der Waals surface area contributed by atoms with Crippen LogP contribution < -0.4 is 10.1 Å².